The Morgan fingerprint density at radius 2 is 1.73 bits per heavy atom. The molecule has 0 unspecified atom stereocenters. The monoisotopic (exact) mass is 384 g/mol. The van der Waals surface area contributed by atoms with E-state index >= 15 is 0 Å². The lowest BCUT2D eigenvalue weighted by Crippen LogP contribution is -2.37. The highest BCUT2D eigenvalue weighted by molar-refractivity contribution is 6.31. The third kappa shape index (κ3) is 4.98. The summed E-state index contributed by atoms with van der Waals surface area (Å²) in [5.41, 5.74) is 0.643. The van der Waals surface area contributed by atoms with E-state index in [0.29, 0.717) is 10.7 Å². The first-order valence-electron chi connectivity index (χ1n) is 7.59. The van der Waals surface area contributed by atoms with Crippen LogP contribution in [-0.2, 0) is 15.8 Å². The lowest BCUT2D eigenvalue weighted by atomic mass is 10.1. The van der Waals surface area contributed by atoms with Gasteiger partial charge in [-0.05, 0) is 48.9 Å². The van der Waals surface area contributed by atoms with Crippen LogP contribution in [0.25, 0.3) is 0 Å². The van der Waals surface area contributed by atoms with Crippen molar-refractivity contribution >= 4 is 34.8 Å². The van der Waals surface area contributed by atoms with Crippen molar-refractivity contribution in [1.29, 1.82) is 0 Å². The van der Waals surface area contributed by atoms with Crippen LogP contribution in [0.2, 0.25) is 5.02 Å². The molecule has 0 radical (unpaired) electrons. The molecule has 0 heterocycles. The smallest absolute Gasteiger partial charge is 0.325 e. The fourth-order valence-corrected chi connectivity index (χ4v) is 2.49. The molecule has 26 heavy (non-hydrogen) atoms. The fraction of sp³-hybridized carbons (Fsp3) is 0.222. The molecule has 2 aromatic rings. The number of nitrogens with one attached hydrogen (secondary N) is 1. The molecule has 2 amide bonds. The van der Waals surface area contributed by atoms with E-state index in [1.807, 2.05) is 0 Å². The van der Waals surface area contributed by atoms with Gasteiger partial charge in [-0.1, -0.05) is 17.7 Å². The maximum absolute atomic E-state index is 12.6. The van der Waals surface area contributed by atoms with Gasteiger partial charge in [-0.15, -0.1) is 0 Å². The maximum atomic E-state index is 12.6. The lowest BCUT2D eigenvalue weighted by Gasteiger charge is -2.23. The Hall–Kier alpha value is -2.54. The summed E-state index contributed by atoms with van der Waals surface area (Å²) in [4.78, 5) is 25.4. The molecule has 2 rings (SSSR count). The van der Waals surface area contributed by atoms with Crippen LogP contribution in [0, 0.1) is 6.92 Å². The van der Waals surface area contributed by atoms with Crippen molar-refractivity contribution in [1.82, 2.24) is 0 Å². The summed E-state index contributed by atoms with van der Waals surface area (Å²) in [6.07, 6.45) is -4.45. The molecule has 0 bridgehead atoms. The topological polar surface area (TPSA) is 49.4 Å². The SMILES string of the molecule is CC(=O)N(CC(=O)Nc1ccc(C(F)(F)F)cc1)c1cc(Cl)ccc1C. The van der Waals surface area contributed by atoms with Gasteiger partial charge in [0.2, 0.25) is 11.8 Å². The zero-order valence-electron chi connectivity index (χ0n) is 14.0. The molecule has 0 atom stereocenters. The zero-order valence-corrected chi connectivity index (χ0v) is 14.8. The van der Waals surface area contributed by atoms with E-state index in [9.17, 15) is 22.8 Å². The van der Waals surface area contributed by atoms with Crippen LogP contribution in [0.1, 0.15) is 18.1 Å². The molecule has 4 nitrogen and oxygen atoms in total. The quantitative estimate of drug-likeness (QED) is 0.833. The number of nitrogens with zero attached hydrogens (tertiary/aromatic N) is 1. The summed E-state index contributed by atoms with van der Waals surface area (Å²) >= 11 is 5.95. The van der Waals surface area contributed by atoms with Crippen LogP contribution in [0.3, 0.4) is 0 Å². The van der Waals surface area contributed by atoms with Gasteiger partial charge in [-0.3, -0.25) is 9.59 Å². The first kappa shape index (κ1) is 19.8. The molecule has 1 N–H and O–H groups in total. The van der Waals surface area contributed by atoms with E-state index in [1.54, 1.807) is 25.1 Å². The molecule has 0 aliphatic rings. The van der Waals surface area contributed by atoms with Crippen LogP contribution in [0.4, 0.5) is 24.5 Å². The summed E-state index contributed by atoms with van der Waals surface area (Å²) < 4.78 is 37.7. The molecule has 0 saturated carbocycles. The minimum absolute atomic E-state index is 0.203. The minimum Gasteiger partial charge on any atom is -0.325 e. The summed E-state index contributed by atoms with van der Waals surface area (Å²) in [7, 11) is 0. The number of benzene rings is 2. The van der Waals surface area contributed by atoms with Crippen LogP contribution in [0.15, 0.2) is 42.5 Å². The van der Waals surface area contributed by atoms with Crippen LogP contribution in [-0.4, -0.2) is 18.4 Å². The van der Waals surface area contributed by atoms with Crippen molar-refractivity contribution in [2.24, 2.45) is 0 Å². The van der Waals surface area contributed by atoms with Crippen LogP contribution >= 0.6 is 11.6 Å². The largest absolute Gasteiger partial charge is 0.416 e. The molecule has 0 saturated heterocycles. The molecule has 0 aliphatic carbocycles. The van der Waals surface area contributed by atoms with E-state index in [-0.39, 0.29) is 18.1 Å². The number of hydrogen-bond acceptors (Lipinski definition) is 2. The van der Waals surface area contributed by atoms with Gasteiger partial charge in [0.15, 0.2) is 0 Å². The summed E-state index contributed by atoms with van der Waals surface area (Å²) in [5.74, 6) is -0.905. The van der Waals surface area contributed by atoms with Crippen molar-refractivity contribution in [3.63, 3.8) is 0 Å². The second-order valence-electron chi connectivity index (χ2n) is 5.66. The van der Waals surface area contributed by atoms with Gasteiger partial charge in [0.25, 0.3) is 0 Å². The molecule has 0 fully saturated rings. The molecule has 2 aromatic carbocycles. The first-order chi connectivity index (χ1) is 12.1. The molecular weight excluding hydrogens is 369 g/mol. The molecule has 0 spiro atoms. The second kappa shape index (κ2) is 7.78. The number of aryl methyl sites for hydroxylation is 1. The minimum atomic E-state index is -4.45. The number of halogens is 4. The highest BCUT2D eigenvalue weighted by atomic mass is 35.5. The number of anilines is 2. The Morgan fingerprint density at radius 1 is 1.12 bits per heavy atom. The van der Waals surface area contributed by atoms with Gasteiger partial charge < -0.3 is 10.2 Å². The van der Waals surface area contributed by atoms with Gasteiger partial charge in [0, 0.05) is 23.3 Å². The van der Waals surface area contributed by atoms with Crippen molar-refractivity contribution in [2.75, 3.05) is 16.8 Å². The summed E-state index contributed by atoms with van der Waals surface area (Å²) in [6.45, 7) is 2.79. The number of carbonyl (C=O) groups is 2. The predicted octanol–water partition coefficient (Wildman–Crippen LogP) is 4.66. The van der Waals surface area contributed by atoms with Crippen molar-refractivity contribution in [3.8, 4) is 0 Å². The number of alkyl halides is 3. The Kier molecular flexibility index (Phi) is 5.92. The molecular formula is C18H16ClF3N2O2. The molecule has 0 aliphatic heterocycles. The number of amides is 2. The van der Waals surface area contributed by atoms with E-state index in [1.165, 1.54) is 11.8 Å². The van der Waals surface area contributed by atoms with Gasteiger partial charge in [0.05, 0.1) is 5.56 Å². The zero-order chi connectivity index (χ0) is 19.5. The Balaban J connectivity index is 2.13. The van der Waals surface area contributed by atoms with Gasteiger partial charge >= 0.3 is 6.18 Å². The van der Waals surface area contributed by atoms with Gasteiger partial charge in [-0.2, -0.15) is 13.2 Å². The second-order valence-corrected chi connectivity index (χ2v) is 6.10. The average Bonchev–Trinajstić information content (AvgIpc) is 2.54. The first-order valence-corrected chi connectivity index (χ1v) is 7.97. The highest BCUT2D eigenvalue weighted by Crippen LogP contribution is 2.30. The van der Waals surface area contributed by atoms with E-state index in [0.717, 1.165) is 29.8 Å². The molecule has 138 valence electrons. The Labute approximate surface area is 153 Å². The van der Waals surface area contributed by atoms with Crippen molar-refractivity contribution in [2.45, 2.75) is 20.0 Å². The van der Waals surface area contributed by atoms with Gasteiger partial charge in [-0.25, -0.2) is 0 Å². The standard InChI is InChI=1S/C18H16ClF3N2O2/c1-11-3-6-14(19)9-16(11)24(12(2)25)10-17(26)23-15-7-4-13(5-8-15)18(20,21)22/h3-9H,10H2,1-2H3,(H,23,26). The number of carbonyl (C=O) groups excluding carboxylic acids is 2. The van der Waals surface area contributed by atoms with Crippen LogP contribution < -0.4 is 10.2 Å². The summed E-state index contributed by atoms with van der Waals surface area (Å²) in [6, 6.07) is 9.03. The van der Waals surface area contributed by atoms with E-state index in [4.69, 9.17) is 11.6 Å². The van der Waals surface area contributed by atoms with Crippen molar-refractivity contribution in [3.05, 3.63) is 58.6 Å². The van der Waals surface area contributed by atoms with Crippen LogP contribution in [0.5, 0.6) is 0 Å². The molecule has 0 aromatic heterocycles. The average molecular weight is 385 g/mol. The third-order valence-corrected chi connectivity index (χ3v) is 3.87. The normalized spacial score (nSPS) is 11.2. The third-order valence-electron chi connectivity index (χ3n) is 3.64. The summed E-state index contributed by atoms with van der Waals surface area (Å²) in [5, 5.41) is 2.89. The van der Waals surface area contributed by atoms with E-state index < -0.39 is 17.6 Å². The van der Waals surface area contributed by atoms with Gasteiger partial charge in [0.1, 0.15) is 6.54 Å². The lowest BCUT2D eigenvalue weighted by molar-refractivity contribution is -0.137. The fourth-order valence-electron chi connectivity index (χ4n) is 2.33. The maximum Gasteiger partial charge on any atom is 0.416 e. The van der Waals surface area contributed by atoms with Crippen molar-refractivity contribution < 1.29 is 22.8 Å². The number of rotatable bonds is 4. The Morgan fingerprint density at radius 3 is 2.27 bits per heavy atom. The predicted molar refractivity (Wildman–Crippen MR) is 94.3 cm³/mol. The van der Waals surface area contributed by atoms with E-state index in [2.05, 4.69) is 5.32 Å². The number of hydrogen-bond donors (Lipinski definition) is 1. The Bertz CT molecular complexity index is 820. The highest BCUT2D eigenvalue weighted by Gasteiger charge is 2.30. The molecule has 8 heteroatoms.